The van der Waals surface area contributed by atoms with Crippen LogP contribution >= 0.6 is 11.6 Å². The Morgan fingerprint density at radius 1 is 1.21 bits per heavy atom. The summed E-state index contributed by atoms with van der Waals surface area (Å²) in [6, 6.07) is 1.19. The number of methoxy groups -OCH3 is 1. The van der Waals surface area contributed by atoms with Gasteiger partial charge in [-0.25, -0.2) is 18.9 Å². The fraction of sp³-hybridized carbons (Fsp3) is 0.250. The normalized spacial score (nSPS) is 11.7. The zero-order valence-corrected chi connectivity index (χ0v) is 18.4. The molecule has 9 nitrogen and oxygen atoms in total. The van der Waals surface area contributed by atoms with Gasteiger partial charge in [-0.05, 0) is 19.1 Å². The molecule has 3 aromatic heterocycles. The summed E-state index contributed by atoms with van der Waals surface area (Å²) in [5, 5.41) is 7.59. The van der Waals surface area contributed by atoms with Crippen molar-refractivity contribution in [1.29, 1.82) is 0 Å². The first-order valence-electron chi connectivity index (χ1n) is 9.67. The standard InChI is InChI=1S/C20H15ClF4N6O3/c1-3-34-18(32)11-6-26-31(8-11)19-27-14-9-30(29-16(14)17(28-19)33-2)7-10-4-12(20(23,24)25)5-13(21)15(10)22/h4-6,8-9H,3,7H2,1-2H3. The summed E-state index contributed by atoms with van der Waals surface area (Å²) < 4.78 is 66.3. The highest BCUT2D eigenvalue weighted by Crippen LogP contribution is 2.34. The third-order valence-electron chi connectivity index (χ3n) is 4.62. The van der Waals surface area contributed by atoms with Crippen LogP contribution in [0.2, 0.25) is 5.02 Å². The van der Waals surface area contributed by atoms with Gasteiger partial charge in [0.25, 0.3) is 5.95 Å². The predicted molar refractivity (Wildman–Crippen MR) is 110 cm³/mol. The van der Waals surface area contributed by atoms with Crippen LogP contribution in [0.3, 0.4) is 0 Å². The summed E-state index contributed by atoms with van der Waals surface area (Å²) in [6.07, 6.45) is -0.673. The number of fused-ring (bicyclic) bond motifs is 1. The Hall–Kier alpha value is -3.74. The first kappa shape index (κ1) is 23.4. The highest BCUT2D eigenvalue weighted by molar-refractivity contribution is 6.30. The average molecular weight is 499 g/mol. The molecule has 0 spiro atoms. The number of carbonyl (C=O) groups is 1. The van der Waals surface area contributed by atoms with Crippen molar-refractivity contribution in [1.82, 2.24) is 29.5 Å². The number of carbonyl (C=O) groups excluding carboxylic acids is 1. The fourth-order valence-corrected chi connectivity index (χ4v) is 3.34. The van der Waals surface area contributed by atoms with Crippen molar-refractivity contribution in [2.75, 3.05) is 13.7 Å². The first-order valence-corrected chi connectivity index (χ1v) is 10.0. The smallest absolute Gasteiger partial charge is 0.416 e. The van der Waals surface area contributed by atoms with Crippen molar-refractivity contribution < 1.29 is 31.8 Å². The first-order chi connectivity index (χ1) is 16.1. The van der Waals surface area contributed by atoms with Crippen LogP contribution in [0.1, 0.15) is 28.4 Å². The van der Waals surface area contributed by atoms with E-state index in [2.05, 4.69) is 20.2 Å². The van der Waals surface area contributed by atoms with Gasteiger partial charge in [0, 0.05) is 11.8 Å². The molecule has 4 aromatic rings. The van der Waals surface area contributed by atoms with E-state index >= 15 is 0 Å². The molecule has 0 saturated carbocycles. The van der Waals surface area contributed by atoms with Crippen molar-refractivity contribution >= 4 is 28.6 Å². The number of hydrogen-bond donors (Lipinski definition) is 0. The van der Waals surface area contributed by atoms with E-state index in [4.69, 9.17) is 21.1 Å². The number of alkyl halides is 3. The molecule has 14 heteroatoms. The van der Waals surface area contributed by atoms with Crippen LogP contribution < -0.4 is 4.74 Å². The maximum Gasteiger partial charge on any atom is 0.416 e. The Bertz CT molecular complexity index is 1380. The van der Waals surface area contributed by atoms with Gasteiger partial charge in [-0.3, -0.25) is 4.68 Å². The minimum atomic E-state index is -4.70. The van der Waals surface area contributed by atoms with Crippen LogP contribution in [0, 0.1) is 5.82 Å². The summed E-state index contributed by atoms with van der Waals surface area (Å²) in [6.45, 7) is 1.50. The van der Waals surface area contributed by atoms with Crippen LogP contribution in [0.15, 0.2) is 30.7 Å². The number of halogens is 5. The molecule has 0 unspecified atom stereocenters. The molecule has 0 saturated heterocycles. The number of benzene rings is 1. The van der Waals surface area contributed by atoms with Gasteiger partial charge in [0.2, 0.25) is 5.88 Å². The number of rotatable bonds is 6. The highest BCUT2D eigenvalue weighted by atomic mass is 35.5. The Kier molecular flexibility index (Phi) is 6.13. The fourth-order valence-electron chi connectivity index (χ4n) is 3.10. The molecule has 1 aromatic carbocycles. The van der Waals surface area contributed by atoms with Gasteiger partial charge in [-0.2, -0.15) is 28.4 Å². The van der Waals surface area contributed by atoms with E-state index in [-0.39, 0.29) is 47.1 Å². The SMILES string of the molecule is CCOC(=O)c1cnn(-c2nc(OC)c3nn(Cc4cc(C(F)(F)F)cc(Cl)c4F)cc3n2)c1. The molecule has 0 fully saturated rings. The molecule has 3 heterocycles. The van der Waals surface area contributed by atoms with E-state index in [0.717, 1.165) is 0 Å². The summed E-state index contributed by atoms with van der Waals surface area (Å²) in [5.41, 5.74) is -0.791. The molecular formula is C20H15ClF4N6O3. The van der Waals surface area contributed by atoms with Crippen LogP contribution in [0.5, 0.6) is 5.88 Å². The van der Waals surface area contributed by atoms with E-state index in [9.17, 15) is 22.4 Å². The lowest BCUT2D eigenvalue weighted by Gasteiger charge is -2.11. The number of aromatic nitrogens is 6. The van der Waals surface area contributed by atoms with Gasteiger partial charge in [-0.1, -0.05) is 11.6 Å². The lowest BCUT2D eigenvalue weighted by atomic mass is 10.1. The molecule has 34 heavy (non-hydrogen) atoms. The quantitative estimate of drug-likeness (QED) is 0.292. The second-order valence-corrected chi connectivity index (χ2v) is 7.32. The number of ether oxygens (including phenoxy) is 2. The lowest BCUT2D eigenvalue weighted by Crippen LogP contribution is -2.09. The Morgan fingerprint density at radius 2 is 1.97 bits per heavy atom. The van der Waals surface area contributed by atoms with Crippen molar-refractivity contribution in [2.45, 2.75) is 19.6 Å². The van der Waals surface area contributed by atoms with Gasteiger partial charge >= 0.3 is 12.1 Å². The Balaban J connectivity index is 1.72. The van der Waals surface area contributed by atoms with Gasteiger partial charge in [0.05, 0.1) is 48.8 Å². The van der Waals surface area contributed by atoms with Crippen LogP contribution in [-0.2, 0) is 17.5 Å². The molecule has 4 rings (SSSR count). The number of esters is 1. The Labute approximate surface area is 193 Å². The molecule has 0 N–H and O–H groups in total. The largest absolute Gasteiger partial charge is 0.479 e. The van der Waals surface area contributed by atoms with E-state index in [0.29, 0.717) is 12.1 Å². The third-order valence-corrected chi connectivity index (χ3v) is 4.90. The minimum Gasteiger partial charge on any atom is -0.479 e. The zero-order chi connectivity index (χ0) is 24.6. The van der Waals surface area contributed by atoms with E-state index in [1.807, 2.05) is 0 Å². The van der Waals surface area contributed by atoms with E-state index in [1.165, 1.54) is 35.1 Å². The van der Waals surface area contributed by atoms with Gasteiger partial charge < -0.3 is 9.47 Å². The predicted octanol–water partition coefficient (Wildman–Crippen LogP) is 4.06. The zero-order valence-electron chi connectivity index (χ0n) is 17.6. The minimum absolute atomic E-state index is 0.0349. The molecular weight excluding hydrogens is 484 g/mol. The summed E-state index contributed by atoms with van der Waals surface area (Å²) >= 11 is 5.66. The highest BCUT2D eigenvalue weighted by Gasteiger charge is 2.32. The van der Waals surface area contributed by atoms with E-state index < -0.39 is 28.5 Å². The topological polar surface area (TPSA) is 97.0 Å². The van der Waals surface area contributed by atoms with Gasteiger partial charge in [-0.15, -0.1) is 0 Å². The molecule has 0 atom stereocenters. The summed E-state index contributed by atoms with van der Waals surface area (Å²) in [7, 11) is 1.34. The lowest BCUT2D eigenvalue weighted by molar-refractivity contribution is -0.137. The van der Waals surface area contributed by atoms with Crippen LogP contribution in [0.25, 0.3) is 17.0 Å². The molecule has 0 radical (unpaired) electrons. The van der Waals surface area contributed by atoms with Crippen molar-refractivity contribution in [2.24, 2.45) is 0 Å². The number of hydrogen-bond acceptors (Lipinski definition) is 7. The molecule has 0 aliphatic rings. The third kappa shape index (κ3) is 4.51. The van der Waals surface area contributed by atoms with E-state index in [1.54, 1.807) is 6.92 Å². The molecule has 0 aliphatic carbocycles. The number of nitrogens with zero attached hydrogens (tertiary/aromatic N) is 6. The molecule has 178 valence electrons. The maximum absolute atomic E-state index is 14.4. The van der Waals surface area contributed by atoms with Crippen LogP contribution in [0.4, 0.5) is 17.6 Å². The van der Waals surface area contributed by atoms with Crippen molar-refractivity contribution in [3.63, 3.8) is 0 Å². The van der Waals surface area contributed by atoms with Gasteiger partial charge in [0.1, 0.15) is 11.3 Å². The van der Waals surface area contributed by atoms with Gasteiger partial charge in [0.15, 0.2) is 5.52 Å². The van der Waals surface area contributed by atoms with Crippen LogP contribution in [-0.4, -0.2) is 49.2 Å². The summed E-state index contributed by atoms with van der Waals surface area (Å²) in [5.74, 6) is -1.49. The second-order valence-electron chi connectivity index (χ2n) is 6.92. The van der Waals surface area contributed by atoms with Crippen molar-refractivity contribution in [3.8, 4) is 11.8 Å². The maximum atomic E-state index is 14.4. The average Bonchev–Trinajstić information content (AvgIpc) is 3.42. The second kappa shape index (κ2) is 8.89. The molecule has 0 bridgehead atoms. The summed E-state index contributed by atoms with van der Waals surface area (Å²) in [4.78, 5) is 20.4. The molecule has 0 amide bonds. The molecule has 0 aliphatic heterocycles. The monoisotopic (exact) mass is 498 g/mol. The Morgan fingerprint density at radius 3 is 2.65 bits per heavy atom. The van der Waals surface area contributed by atoms with Crippen molar-refractivity contribution in [3.05, 3.63) is 58.3 Å².